The lowest BCUT2D eigenvalue weighted by Gasteiger charge is -2.46. The number of rotatable bonds is 3. The molecule has 4 aliphatic heterocycles. The predicted octanol–water partition coefficient (Wildman–Crippen LogP) is 1.61. The fraction of sp³-hybridized carbons (Fsp3) is 0.935. The van der Waals surface area contributed by atoms with E-state index in [1.165, 1.54) is 32.6 Å². The van der Waals surface area contributed by atoms with Crippen LogP contribution in [-0.2, 0) is 38.0 Å². The van der Waals surface area contributed by atoms with Crippen LogP contribution in [0.1, 0.15) is 104 Å². The van der Waals surface area contributed by atoms with E-state index in [1.54, 1.807) is 0 Å². The summed E-state index contributed by atoms with van der Waals surface area (Å²) < 4.78 is 34.2. The number of carbonyl (C=O) groups excluding carboxylic acids is 2. The fourth-order valence-electron chi connectivity index (χ4n) is 5.94. The van der Waals surface area contributed by atoms with Gasteiger partial charge in [0.1, 0.15) is 49.3 Å². The van der Waals surface area contributed by atoms with E-state index in [-0.39, 0.29) is 12.5 Å². The van der Waals surface area contributed by atoms with E-state index in [9.17, 15) is 35.1 Å². The summed E-state index contributed by atoms with van der Waals surface area (Å²) in [6.45, 7) is 2.04. The molecule has 0 aromatic rings. The Kier molecular flexibility index (Phi) is 16.2. The first-order valence-corrected chi connectivity index (χ1v) is 16.4. The van der Waals surface area contributed by atoms with Crippen LogP contribution in [-0.4, -0.2) is 118 Å². The highest BCUT2D eigenvalue weighted by Crippen LogP contribution is 2.32. The van der Waals surface area contributed by atoms with Gasteiger partial charge in [0.2, 0.25) is 0 Å². The van der Waals surface area contributed by atoms with Gasteiger partial charge in [-0.1, -0.05) is 70.6 Å². The zero-order valence-corrected chi connectivity index (χ0v) is 26.2. The molecule has 4 fully saturated rings. The third kappa shape index (κ3) is 11.4. The Labute approximate surface area is 260 Å². The molecule has 11 atom stereocenters. The Morgan fingerprint density at radius 1 is 0.705 bits per heavy atom. The molecule has 0 spiro atoms. The van der Waals surface area contributed by atoms with Crippen LogP contribution in [0.3, 0.4) is 0 Å². The Hall–Kier alpha value is -1.42. The number of hydrogen-bond acceptors (Lipinski definition) is 13. The average molecular weight is 635 g/mol. The predicted molar refractivity (Wildman–Crippen MR) is 155 cm³/mol. The first-order valence-electron chi connectivity index (χ1n) is 16.4. The third-order valence-electron chi connectivity index (χ3n) is 8.58. The smallest absolute Gasteiger partial charge is 0.306 e. The van der Waals surface area contributed by atoms with E-state index < -0.39 is 86.6 Å². The van der Waals surface area contributed by atoms with Crippen LogP contribution < -0.4 is 0 Å². The van der Waals surface area contributed by atoms with Crippen molar-refractivity contribution in [3.05, 3.63) is 0 Å². The Balaban J connectivity index is 1.78. The first kappa shape index (κ1) is 37.0. The lowest BCUT2D eigenvalue weighted by Crippen LogP contribution is -2.65. The number of carbonyl (C=O) groups is 2. The molecule has 0 aliphatic carbocycles. The van der Waals surface area contributed by atoms with E-state index in [4.69, 9.17) is 28.4 Å². The van der Waals surface area contributed by atoms with Gasteiger partial charge in [0.25, 0.3) is 0 Å². The molecule has 44 heavy (non-hydrogen) atoms. The van der Waals surface area contributed by atoms with Crippen LogP contribution in [0.5, 0.6) is 0 Å². The molecule has 4 rings (SSSR count). The molecule has 0 amide bonds. The van der Waals surface area contributed by atoms with Gasteiger partial charge in [0.05, 0.1) is 12.7 Å². The second-order valence-corrected chi connectivity index (χ2v) is 12.3. The van der Waals surface area contributed by atoms with Gasteiger partial charge in [-0.2, -0.15) is 0 Å². The summed E-state index contributed by atoms with van der Waals surface area (Å²) in [4.78, 5) is 24.2. The number of ether oxygens (including phenoxy) is 6. The Bertz CT molecular complexity index is 843. The molecule has 13 nitrogen and oxygen atoms in total. The summed E-state index contributed by atoms with van der Waals surface area (Å²) in [6, 6.07) is 0. The highest BCUT2D eigenvalue weighted by atomic mass is 16.8. The van der Waals surface area contributed by atoms with E-state index in [1.807, 2.05) is 6.92 Å². The van der Waals surface area contributed by atoms with Crippen molar-refractivity contribution >= 4 is 11.9 Å². The van der Waals surface area contributed by atoms with Crippen molar-refractivity contribution < 1.29 is 63.5 Å². The minimum atomic E-state index is -1.76. The summed E-state index contributed by atoms with van der Waals surface area (Å²) >= 11 is 0. The maximum atomic E-state index is 12.7. The Morgan fingerprint density at radius 3 is 1.84 bits per heavy atom. The lowest BCUT2D eigenvalue weighted by molar-refractivity contribution is -0.371. The van der Waals surface area contributed by atoms with E-state index in [0.29, 0.717) is 12.8 Å². The second kappa shape index (κ2) is 19.3. The highest BCUT2D eigenvalue weighted by Gasteiger charge is 2.52. The van der Waals surface area contributed by atoms with Crippen LogP contribution in [0.2, 0.25) is 0 Å². The molecule has 4 saturated heterocycles. The van der Waals surface area contributed by atoms with Crippen molar-refractivity contribution in [1.82, 2.24) is 0 Å². The van der Waals surface area contributed by atoms with Gasteiger partial charge in [0.15, 0.2) is 18.7 Å². The summed E-state index contributed by atoms with van der Waals surface area (Å²) in [5.41, 5.74) is 0. The van der Waals surface area contributed by atoms with Crippen LogP contribution in [0.4, 0.5) is 0 Å². The number of esters is 2. The van der Waals surface area contributed by atoms with Crippen LogP contribution >= 0.6 is 0 Å². The quantitative estimate of drug-likeness (QED) is 0.282. The van der Waals surface area contributed by atoms with Crippen LogP contribution in [0, 0.1) is 0 Å². The fourth-order valence-corrected chi connectivity index (χ4v) is 5.94. The molecule has 256 valence electrons. The van der Waals surface area contributed by atoms with Crippen LogP contribution in [0.25, 0.3) is 0 Å². The molecular formula is C31H54O13. The van der Waals surface area contributed by atoms with Gasteiger partial charge >= 0.3 is 11.9 Å². The van der Waals surface area contributed by atoms with Gasteiger partial charge in [-0.15, -0.1) is 0 Å². The summed E-state index contributed by atoms with van der Waals surface area (Å²) in [7, 11) is 0. The van der Waals surface area contributed by atoms with Crippen molar-refractivity contribution in [2.75, 3.05) is 13.2 Å². The zero-order chi connectivity index (χ0) is 32.1. The maximum absolute atomic E-state index is 12.7. The molecule has 5 N–H and O–H groups in total. The van der Waals surface area contributed by atoms with Crippen molar-refractivity contribution in [3.8, 4) is 0 Å². The monoisotopic (exact) mass is 634 g/mol. The van der Waals surface area contributed by atoms with Crippen molar-refractivity contribution in [2.24, 2.45) is 0 Å². The molecule has 4 heterocycles. The zero-order valence-electron chi connectivity index (χ0n) is 26.2. The topological polar surface area (TPSA) is 191 Å². The largest absolute Gasteiger partial charge is 0.463 e. The molecule has 2 bridgehead atoms. The van der Waals surface area contributed by atoms with Gasteiger partial charge in [-0.05, 0) is 19.8 Å². The van der Waals surface area contributed by atoms with Gasteiger partial charge in [-0.3, -0.25) is 9.59 Å². The molecular weight excluding hydrogens is 580 g/mol. The third-order valence-corrected chi connectivity index (χ3v) is 8.58. The summed E-state index contributed by atoms with van der Waals surface area (Å²) in [5, 5.41) is 53.2. The molecule has 0 radical (unpaired) electrons. The first-order chi connectivity index (χ1) is 21.1. The van der Waals surface area contributed by atoms with E-state index >= 15 is 0 Å². The number of hydrogen-bond donors (Lipinski definition) is 5. The maximum Gasteiger partial charge on any atom is 0.306 e. The minimum Gasteiger partial charge on any atom is -0.463 e. The van der Waals surface area contributed by atoms with Gasteiger partial charge in [-0.25, -0.2) is 0 Å². The highest BCUT2D eigenvalue weighted by molar-refractivity contribution is 5.69. The lowest BCUT2D eigenvalue weighted by atomic mass is 9.97. The Morgan fingerprint density at radius 2 is 1.25 bits per heavy atom. The minimum absolute atomic E-state index is 0.117. The summed E-state index contributed by atoms with van der Waals surface area (Å²) in [6.07, 6.45) is -1.48. The van der Waals surface area contributed by atoms with Crippen molar-refractivity contribution in [3.63, 3.8) is 0 Å². The number of aliphatic hydroxyl groups excluding tert-OH is 5. The molecule has 4 aliphatic rings. The molecule has 0 saturated carbocycles. The average Bonchev–Trinajstić information content (AvgIpc) is 2.99. The van der Waals surface area contributed by atoms with Crippen molar-refractivity contribution in [2.45, 2.75) is 171 Å². The molecule has 13 heteroatoms. The molecule has 11 unspecified atom stereocenters. The number of aliphatic hydroxyl groups is 5. The SMILES string of the molecule is CC(=O)OCC1OC2OC3C(OC(C)CCCCCCCCCCCCCCC(=O)OC1C(O)C2O)OC(CO)C(O)C3O. The molecule has 0 aromatic heterocycles. The van der Waals surface area contributed by atoms with Gasteiger partial charge < -0.3 is 54.0 Å². The van der Waals surface area contributed by atoms with Gasteiger partial charge in [0, 0.05) is 13.3 Å². The van der Waals surface area contributed by atoms with E-state index in [2.05, 4.69) is 0 Å². The van der Waals surface area contributed by atoms with Crippen molar-refractivity contribution in [1.29, 1.82) is 0 Å². The number of fused-ring (bicyclic) bond motifs is 19. The summed E-state index contributed by atoms with van der Waals surface area (Å²) in [5.74, 6) is -1.22. The van der Waals surface area contributed by atoms with Crippen LogP contribution in [0.15, 0.2) is 0 Å². The normalized spacial score (nSPS) is 39.7. The molecule has 0 aromatic carbocycles. The van der Waals surface area contributed by atoms with E-state index in [0.717, 1.165) is 44.9 Å². The standard InChI is InChI=1S/C31H54O13/c1-19-15-13-11-9-7-5-3-4-6-8-10-12-14-16-23(34)43-28-22(18-39-20(2)33)42-30(27(38)26(28)37)44-29-25(36)24(35)21(17-32)41-31(29)40-19/h19,21-22,24-32,35-38H,3-18H2,1-2H3. The second-order valence-electron chi connectivity index (χ2n) is 12.3.